The van der Waals surface area contributed by atoms with Crippen molar-refractivity contribution >= 4 is 17.2 Å². The van der Waals surface area contributed by atoms with E-state index in [0.29, 0.717) is 11.5 Å². The zero-order valence-corrected chi connectivity index (χ0v) is 8.60. The SMILES string of the molecule is CC(O)CN(C)CCCC(N)=S. The molecule has 0 heterocycles. The van der Waals surface area contributed by atoms with Gasteiger partial charge in [0.05, 0.1) is 11.1 Å². The van der Waals surface area contributed by atoms with Crippen molar-refractivity contribution in [2.45, 2.75) is 25.9 Å². The zero-order chi connectivity index (χ0) is 9.56. The lowest BCUT2D eigenvalue weighted by molar-refractivity contribution is 0.141. The Hall–Kier alpha value is -0.190. The van der Waals surface area contributed by atoms with Crippen molar-refractivity contribution in [3.8, 4) is 0 Å². The van der Waals surface area contributed by atoms with Crippen LogP contribution in [0.5, 0.6) is 0 Å². The predicted molar refractivity (Wildman–Crippen MR) is 55.2 cm³/mol. The van der Waals surface area contributed by atoms with Gasteiger partial charge in [0, 0.05) is 6.54 Å². The first-order chi connectivity index (χ1) is 5.52. The second kappa shape index (κ2) is 6.34. The number of aliphatic hydroxyl groups excluding tert-OH is 1. The highest BCUT2D eigenvalue weighted by molar-refractivity contribution is 7.80. The topological polar surface area (TPSA) is 49.5 Å². The Labute approximate surface area is 79.5 Å². The molecule has 0 bridgehead atoms. The van der Waals surface area contributed by atoms with Crippen LogP contribution in [0.2, 0.25) is 0 Å². The number of nitrogens with two attached hydrogens (primary N) is 1. The molecular weight excluding hydrogens is 172 g/mol. The summed E-state index contributed by atoms with van der Waals surface area (Å²) in [5, 5.41) is 9.04. The molecule has 3 nitrogen and oxygen atoms in total. The number of hydrogen-bond acceptors (Lipinski definition) is 3. The molecule has 1 unspecified atom stereocenters. The molecule has 0 aliphatic carbocycles. The molecule has 1 atom stereocenters. The fourth-order valence-electron chi connectivity index (χ4n) is 1.07. The maximum atomic E-state index is 9.04. The molecule has 0 spiro atoms. The molecule has 4 heteroatoms. The minimum absolute atomic E-state index is 0.264. The molecule has 0 aliphatic heterocycles. The van der Waals surface area contributed by atoms with E-state index in [2.05, 4.69) is 4.90 Å². The molecule has 12 heavy (non-hydrogen) atoms. The van der Waals surface area contributed by atoms with Gasteiger partial charge in [-0.05, 0) is 33.4 Å². The van der Waals surface area contributed by atoms with Crippen LogP contribution in [0.4, 0.5) is 0 Å². The first-order valence-electron chi connectivity index (χ1n) is 4.17. The molecule has 0 rings (SSSR count). The van der Waals surface area contributed by atoms with Crippen LogP contribution in [0.1, 0.15) is 19.8 Å². The van der Waals surface area contributed by atoms with Crippen LogP contribution in [-0.4, -0.2) is 41.2 Å². The fourth-order valence-corrected chi connectivity index (χ4v) is 1.21. The van der Waals surface area contributed by atoms with E-state index in [-0.39, 0.29) is 6.10 Å². The van der Waals surface area contributed by atoms with E-state index in [4.69, 9.17) is 23.1 Å². The lowest BCUT2D eigenvalue weighted by atomic mass is 10.3. The number of aliphatic hydroxyl groups is 1. The molecule has 0 aromatic heterocycles. The normalized spacial score (nSPS) is 13.3. The summed E-state index contributed by atoms with van der Waals surface area (Å²) in [5.41, 5.74) is 5.34. The standard InChI is InChI=1S/C8H18N2OS/c1-7(11)6-10(2)5-3-4-8(9)12/h7,11H,3-6H2,1-2H3,(H2,9,12). The molecule has 0 aromatic carbocycles. The summed E-state index contributed by atoms with van der Waals surface area (Å²) in [6.45, 7) is 3.42. The number of nitrogens with zero attached hydrogens (tertiary/aromatic N) is 1. The van der Waals surface area contributed by atoms with Gasteiger partial charge in [-0.15, -0.1) is 0 Å². The number of rotatable bonds is 6. The van der Waals surface area contributed by atoms with Crippen LogP contribution >= 0.6 is 12.2 Å². The minimum atomic E-state index is -0.264. The van der Waals surface area contributed by atoms with Gasteiger partial charge in [0.25, 0.3) is 0 Å². The fraction of sp³-hybridized carbons (Fsp3) is 0.875. The second-order valence-electron chi connectivity index (χ2n) is 3.18. The van der Waals surface area contributed by atoms with E-state index < -0.39 is 0 Å². The van der Waals surface area contributed by atoms with E-state index in [9.17, 15) is 0 Å². The highest BCUT2D eigenvalue weighted by Gasteiger charge is 2.01. The lowest BCUT2D eigenvalue weighted by Gasteiger charge is -2.17. The van der Waals surface area contributed by atoms with Crippen LogP contribution in [0, 0.1) is 0 Å². The summed E-state index contributed by atoms with van der Waals surface area (Å²) >= 11 is 4.75. The van der Waals surface area contributed by atoms with Gasteiger partial charge >= 0.3 is 0 Å². The number of hydrogen-bond donors (Lipinski definition) is 2. The van der Waals surface area contributed by atoms with Crippen molar-refractivity contribution in [3.63, 3.8) is 0 Å². The first kappa shape index (κ1) is 11.8. The molecule has 0 saturated carbocycles. The van der Waals surface area contributed by atoms with Crippen molar-refractivity contribution < 1.29 is 5.11 Å². The molecule has 0 saturated heterocycles. The van der Waals surface area contributed by atoms with Gasteiger partial charge in [0.15, 0.2) is 0 Å². The highest BCUT2D eigenvalue weighted by atomic mass is 32.1. The van der Waals surface area contributed by atoms with Gasteiger partial charge in [-0.2, -0.15) is 0 Å². The molecule has 0 radical (unpaired) electrons. The third kappa shape index (κ3) is 7.91. The number of likely N-dealkylation sites (N-methyl/N-ethyl adjacent to an activating group) is 1. The largest absolute Gasteiger partial charge is 0.393 e. The van der Waals surface area contributed by atoms with Gasteiger partial charge in [0.1, 0.15) is 0 Å². The third-order valence-electron chi connectivity index (χ3n) is 1.54. The van der Waals surface area contributed by atoms with E-state index >= 15 is 0 Å². The smallest absolute Gasteiger partial charge is 0.0727 e. The monoisotopic (exact) mass is 190 g/mol. The van der Waals surface area contributed by atoms with Crippen molar-refractivity contribution in [2.24, 2.45) is 5.73 Å². The summed E-state index contributed by atoms with van der Waals surface area (Å²) in [7, 11) is 1.98. The average molecular weight is 190 g/mol. The third-order valence-corrected chi connectivity index (χ3v) is 1.74. The van der Waals surface area contributed by atoms with Gasteiger partial charge < -0.3 is 15.7 Å². The summed E-state index contributed by atoms with van der Waals surface area (Å²) in [6.07, 6.45) is 1.50. The molecule has 0 aliphatic rings. The highest BCUT2D eigenvalue weighted by Crippen LogP contribution is 1.94. The Balaban J connectivity index is 3.31. The van der Waals surface area contributed by atoms with Gasteiger partial charge in [-0.25, -0.2) is 0 Å². The Bertz CT molecular complexity index is 139. The Kier molecular flexibility index (Phi) is 6.24. The van der Waals surface area contributed by atoms with Gasteiger partial charge in [0.2, 0.25) is 0 Å². The van der Waals surface area contributed by atoms with Crippen LogP contribution < -0.4 is 5.73 Å². The predicted octanol–water partition coefficient (Wildman–Crippen LogP) is 0.365. The Morgan fingerprint density at radius 2 is 2.25 bits per heavy atom. The van der Waals surface area contributed by atoms with Crippen molar-refractivity contribution in [2.75, 3.05) is 20.1 Å². The molecule has 3 N–H and O–H groups in total. The lowest BCUT2D eigenvalue weighted by Crippen LogP contribution is -2.28. The molecule has 0 amide bonds. The van der Waals surface area contributed by atoms with E-state index in [0.717, 1.165) is 19.4 Å². The second-order valence-corrected chi connectivity index (χ2v) is 3.71. The Morgan fingerprint density at radius 1 is 1.67 bits per heavy atom. The molecule has 72 valence electrons. The van der Waals surface area contributed by atoms with Crippen molar-refractivity contribution in [1.82, 2.24) is 4.90 Å². The van der Waals surface area contributed by atoms with Crippen LogP contribution in [0.3, 0.4) is 0 Å². The number of thiocarbonyl (C=S) groups is 1. The van der Waals surface area contributed by atoms with Crippen LogP contribution in [0.25, 0.3) is 0 Å². The van der Waals surface area contributed by atoms with Gasteiger partial charge in [-0.3, -0.25) is 0 Å². The first-order valence-corrected chi connectivity index (χ1v) is 4.58. The van der Waals surface area contributed by atoms with E-state index in [1.165, 1.54) is 0 Å². The van der Waals surface area contributed by atoms with E-state index in [1.54, 1.807) is 6.92 Å². The van der Waals surface area contributed by atoms with Gasteiger partial charge in [-0.1, -0.05) is 12.2 Å². The minimum Gasteiger partial charge on any atom is -0.393 e. The quantitative estimate of drug-likeness (QED) is 0.594. The van der Waals surface area contributed by atoms with Crippen molar-refractivity contribution in [1.29, 1.82) is 0 Å². The molecule has 0 aromatic rings. The molecular formula is C8H18N2OS. The summed E-state index contributed by atoms with van der Waals surface area (Å²) in [4.78, 5) is 2.64. The zero-order valence-electron chi connectivity index (χ0n) is 7.79. The maximum absolute atomic E-state index is 9.04. The van der Waals surface area contributed by atoms with E-state index in [1.807, 2.05) is 7.05 Å². The molecule has 0 fully saturated rings. The summed E-state index contributed by atoms with van der Waals surface area (Å²) in [5.74, 6) is 0. The summed E-state index contributed by atoms with van der Waals surface area (Å²) in [6, 6.07) is 0. The van der Waals surface area contributed by atoms with Crippen molar-refractivity contribution in [3.05, 3.63) is 0 Å². The average Bonchev–Trinajstić information content (AvgIpc) is 1.84. The van der Waals surface area contributed by atoms with Crippen LogP contribution in [0.15, 0.2) is 0 Å². The Morgan fingerprint density at radius 3 is 2.67 bits per heavy atom. The maximum Gasteiger partial charge on any atom is 0.0727 e. The van der Waals surface area contributed by atoms with Crippen LogP contribution in [-0.2, 0) is 0 Å². The summed E-state index contributed by atoms with van der Waals surface area (Å²) < 4.78 is 0.